The van der Waals surface area contributed by atoms with E-state index < -0.39 is 0 Å². The van der Waals surface area contributed by atoms with Gasteiger partial charge in [-0.25, -0.2) is 4.98 Å². The third-order valence-electron chi connectivity index (χ3n) is 2.49. The van der Waals surface area contributed by atoms with E-state index in [0.29, 0.717) is 18.8 Å². The van der Waals surface area contributed by atoms with Crippen LogP contribution in [-0.2, 0) is 0 Å². The van der Waals surface area contributed by atoms with E-state index in [9.17, 15) is 4.79 Å². The zero-order chi connectivity index (χ0) is 14.3. The first kappa shape index (κ1) is 15.2. The van der Waals surface area contributed by atoms with Gasteiger partial charge in [0.25, 0.3) is 5.91 Å². The Morgan fingerprint density at radius 2 is 2.16 bits per heavy atom. The van der Waals surface area contributed by atoms with Crippen molar-refractivity contribution in [3.05, 3.63) is 29.6 Å². The number of rotatable bonds is 3. The van der Waals surface area contributed by atoms with Crippen molar-refractivity contribution in [1.82, 2.24) is 10.3 Å². The van der Waals surface area contributed by atoms with Crippen LogP contribution in [0.2, 0.25) is 0 Å². The average molecular weight is 259 g/mol. The molecule has 19 heavy (non-hydrogen) atoms. The number of aromatic nitrogens is 1. The molecule has 4 heteroatoms. The predicted octanol–water partition coefficient (Wildman–Crippen LogP) is 1.56. The van der Waals surface area contributed by atoms with Gasteiger partial charge in [0.1, 0.15) is 5.69 Å². The fourth-order valence-electron chi connectivity index (χ4n) is 1.40. The van der Waals surface area contributed by atoms with Crippen LogP contribution in [0.25, 0.3) is 0 Å². The third-order valence-corrected chi connectivity index (χ3v) is 2.49. The number of hydrogen-bond donors (Lipinski definition) is 2. The second-order valence-electron chi connectivity index (χ2n) is 5.50. The van der Waals surface area contributed by atoms with E-state index in [1.807, 2.05) is 0 Å². The molecule has 1 amide bonds. The predicted molar refractivity (Wildman–Crippen MR) is 76.6 cm³/mol. The fourth-order valence-corrected chi connectivity index (χ4v) is 1.40. The first-order valence-corrected chi connectivity index (χ1v) is 6.35. The molecule has 0 saturated heterocycles. The van der Waals surface area contributed by atoms with Crippen molar-refractivity contribution in [2.24, 2.45) is 11.1 Å². The smallest absolute Gasteiger partial charge is 0.269 e. The van der Waals surface area contributed by atoms with Crippen molar-refractivity contribution in [2.75, 3.05) is 13.1 Å². The normalized spacial score (nSPS) is 10.5. The molecule has 0 saturated carbocycles. The largest absolute Gasteiger partial charge is 0.351 e. The highest BCUT2D eigenvalue weighted by molar-refractivity contribution is 5.92. The molecular formula is C15H21N3O. The van der Waals surface area contributed by atoms with Crippen molar-refractivity contribution in [3.63, 3.8) is 0 Å². The SMILES string of the molecule is CC(C)(C)CCNC(=O)c1ccc(C#CCN)cn1. The van der Waals surface area contributed by atoms with Gasteiger partial charge in [0.15, 0.2) is 0 Å². The van der Waals surface area contributed by atoms with E-state index in [1.165, 1.54) is 0 Å². The molecule has 0 aliphatic rings. The van der Waals surface area contributed by atoms with Gasteiger partial charge >= 0.3 is 0 Å². The molecule has 0 aromatic carbocycles. The highest BCUT2D eigenvalue weighted by atomic mass is 16.1. The standard InChI is InChI=1S/C15H21N3O/c1-15(2,3)8-10-17-14(19)13-7-6-12(11-18-13)5-4-9-16/h6-7,11H,8-10,16H2,1-3H3,(H,17,19). The van der Waals surface area contributed by atoms with Crippen molar-refractivity contribution in [1.29, 1.82) is 0 Å². The molecule has 0 radical (unpaired) electrons. The Hall–Kier alpha value is -1.86. The van der Waals surface area contributed by atoms with Crippen LogP contribution >= 0.6 is 0 Å². The van der Waals surface area contributed by atoms with Crippen LogP contribution in [0, 0.1) is 17.3 Å². The molecule has 0 fully saturated rings. The molecule has 1 aromatic heterocycles. The van der Waals surface area contributed by atoms with Crippen LogP contribution in [-0.4, -0.2) is 24.0 Å². The van der Waals surface area contributed by atoms with Crippen molar-refractivity contribution in [2.45, 2.75) is 27.2 Å². The van der Waals surface area contributed by atoms with Gasteiger partial charge in [0, 0.05) is 18.3 Å². The summed E-state index contributed by atoms with van der Waals surface area (Å²) < 4.78 is 0. The molecule has 0 bridgehead atoms. The Labute approximate surface area is 114 Å². The molecule has 0 atom stereocenters. The first-order chi connectivity index (χ1) is 8.92. The zero-order valence-corrected chi connectivity index (χ0v) is 11.8. The molecule has 102 valence electrons. The molecule has 4 nitrogen and oxygen atoms in total. The van der Waals surface area contributed by atoms with Crippen molar-refractivity contribution in [3.8, 4) is 11.8 Å². The molecule has 0 spiro atoms. The lowest BCUT2D eigenvalue weighted by molar-refractivity contribution is 0.0944. The number of pyridine rings is 1. The Kier molecular flexibility index (Phi) is 5.53. The minimum atomic E-state index is -0.150. The number of amides is 1. The van der Waals surface area contributed by atoms with E-state index in [0.717, 1.165) is 12.0 Å². The average Bonchev–Trinajstić information content (AvgIpc) is 2.35. The van der Waals surface area contributed by atoms with Crippen molar-refractivity contribution < 1.29 is 4.79 Å². The minimum Gasteiger partial charge on any atom is -0.351 e. The van der Waals surface area contributed by atoms with Gasteiger partial charge in [-0.05, 0) is 24.0 Å². The summed E-state index contributed by atoms with van der Waals surface area (Å²) in [7, 11) is 0. The van der Waals surface area contributed by atoms with Crippen LogP contribution in [0.1, 0.15) is 43.2 Å². The van der Waals surface area contributed by atoms with Crippen LogP contribution in [0.15, 0.2) is 18.3 Å². The molecule has 1 aromatic rings. The number of carbonyl (C=O) groups is 1. The summed E-state index contributed by atoms with van der Waals surface area (Å²) in [6.45, 7) is 7.39. The summed E-state index contributed by atoms with van der Waals surface area (Å²) in [6.07, 6.45) is 2.51. The van der Waals surface area contributed by atoms with Gasteiger partial charge in [-0.15, -0.1) is 0 Å². The summed E-state index contributed by atoms with van der Waals surface area (Å²) in [5.74, 6) is 5.46. The van der Waals surface area contributed by atoms with E-state index in [1.54, 1.807) is 18.3 Å². The van der Waals surface area contributed by atoms with E-state index in [4.69, 9.17) is 5.73 Å². The Morgan fingerprint density at radius 1 is 1.42 bits per heavy atom. The lowest BCUT2D eigenvalue weighted by Gasteiger charge is -2.17. The van der Waals surface area contributed by atoms with Gasteiger partial charge in [-0.3, -0.25) is 4.79 Å². The monoisotopic (exact) mass is 259 g/mol. The second-order valence-corrected chi connectivity index (χ2v) is 5.50. The number of nitrogens with zero attached hydrogens (tertiary/aromatic N) is 1. The summed E-state index contributed by atoms with van der Waals surface area (Å²) >= 11 is 0. The second kappa shape index (κ2) is 6.91. The first-order valence-electron chi connectivity index (χ1n) is 6.35. The lowest BCUT2D eigenvalue weighted by atomic mass is 9.92. The van der Waals surface area contributed by atoms with Gasteiger partial charge < -0.3 is 11.1 Å². The van der Waals surface area contributed by atoms with Gasteiger partial charge in [-0.2, -0.15) is 0 Å². The highest BCUT2D eigenvalue weighted by Gasteiger charge is 2.11. The molecule has 0 aliphatic carbocycles. The molecule has 3 N–H and O–H groups in total. The maximum atomic E-state index is 11.8. The Bertz CT molecular complexity index is 475. The molecule has 0 unspecified atom stereocenters. The summed E-state index contributed by atoms with van der Waals surface area (Å²) in [5.41, 5.74) is 6.67. The van der Waals surface area contributed by atoms with Crippen LogP contribution in [0.5, 0.6) is 0 Å². The zero-order valence-electron chi connectivity index (χ0n) is 11.8. The van der Waals surface area contributed by atoms with Crippen LogP contribution < -0.4 is 11.1 Å². The molecule has 0 aliphatic heterocycles. The molecule has 1 rings (SSSR count). The molecular weight excluding hydrogens is 238 g/mol. The van der Waals surface area contributed by atoms with Crippen LogP contribution in [0.4, 0.5) is 0 Å². The van der Waals surface area contributed by atoms with Crippen LogP contribution in [0.3, 0.4) is 0 Å². The van der Waals surface area contributed by atoms with E-state index in [-0.39, 0.29) is 11.3 Å². The van der Waals surface area contributed by atoms with Gasteiger partial charge in [-0.1, -0.05) is 32.6 Å². The third kappa shape index (κ3) is 6.03. The highest BCUT2D eigenvalue weighted by Crippen LogP contribution is 2.16. The lowest BCUT2D eigenvalue weighted by Crippen LogP contribution is -2.27. The van der Waals surface area contributed by atoms with Gasteiger partial charge in [0.2, 0.25) is 0 Å². The number of nitrogens with two attached hydrogens (primary N) is 1. The Balaban J connectivity index is 2.54. The van der Waals surface area contributed by atoms with Gasteiger partial charge in [0.05, 0.1) is 6.54 Å². The maximum absolute atomic E-state index is 11.8. The maximum Gasteiger partial charge on any atom is 0.269 e. The molecule has 1 heterocycles. The topological polar surface area (TPSA) is 68.0 Å². The Morgan fingerprint density at radius 3 is 2.68 bits per heavy atom. The quantitative estimate of drug-likeness (QED) is 0.809. The van der Waals surface area contributed by atoms with E-state index in [2.05, 4.69) is 42.9 Å². The summed E-state index contributed by atoms with van der Waals surface area (Å²) in [4.78, 5) is 15.9. The minimum absolute atomic E-state index is 0.150. The van der Waals surface area contributed by atoms with E-state index >= 15 is 0 Å². The summed E-state index contributed by atoms with van der Waals surface area (Å²) in [5, 5.41) is 2.86. The number of carbonyl (C=O) groups excluding carboxylic acids is 1. The number of hydrogen-bond acceptors (Lipinski definition) is 3. The number of nitrogens with one attached hydrogen (secondary N) is 1. The summed E-state index contributed by atoms with van der Waals surface area (Å²) in [6, 6.07) is 3.45. The fraction of sp³-hybridized carbons (Fsp3) is 0.467. The van der Waals surface area contributed by atoms with Crippen molar-refractivity contribution >= 4 is 5.91 Å².